The summed E-state index contributed by atoms with van der Waals surface area (Å²) in [5.74, 6) is -0.168. The van der Waals surface area contributed by atoms with Crippen LogP contribution in [0.2, 0.25) is 0 Å². The molecule has 0 saturated heterocycles. The van der Waals surface area contributed by atoms with Gasteiger partial charge in [-0.15, -0.1) is 0 Å². The molecule has 0 radical (unpaired) electrons. The van der Waals surface area contributed by atoms with Crippen LogP contribution in [-0.4, -0.2) is 0 Å². The molecule has 1 aliphatic rings. The van der Waals surface area contributed by atoms with Crippen molar-refractivity contribution in [3.63, 3.8) is 0 Å². The smallest absolute Gasteiger partial charge is 0.416 e. The molecule has 0 fully saturated rings. The fourth-order valence-electron chi connectivity index (χ4n) is 3.07. The van der Waals surface area contributed by atoms with Crippen LogP contribution in [0.1, 0.15) is 48.1 Å². The highest BCUT2D eigenvalue weighted by molar-refractivity contribution is 5.41. The van der Waals surface area contributed by atoms with E-state index in [-0.39, 0.29) is 5.75 Å². The molecule has 1 heterocycles. The van der Waals surface area contributed by atoms with Gasteiger partial charge in [0, 0.05) is 0 Å². The second-order valence-corrected chi connectivity index (χ2v) is 6.08. The molecule has 0 saturated carbocycles. The zero-order valence-electron chi connectivity index (χ0n) is 13.3. The highest BCUT2D eigenvalue weighted by atomic mass is 19.4. The van der Waals surface area contributed by atoms with E-state index in [0.29, 0.717) is 18.4 Å². The van der Waals surface area contributed by atoms with E-state index in [4.69, 9.17) is 4.74 Å². The van der Waals surface area contributed by atoms with Gasteiger partial charge in [-0.2, -0.15) is 13.2 Å². The van der Waals surface area contributed by atoms with E-state index in [2.05, 4.69) is 0 Å². The van der Waals surface area contributed by atoms with Gasteiger partial charge in [-0.05, 0) is 54.2 Å². The maximum Gasteiger partial charge on any atom is 0.416 e. The summed E-state index contributed by atoms with van der Waals surface area (Å²) in [6.45, 7) is 2.04. The number of ether oxygens (including phenoxy) is 1. The van der Waals surface area contributed by atoms with E-state index in [0.717, 1.165) is 36.1 Å². The lowest BCUT2D eigenvalue weighted by molar-refractivity contribution is -0.137. The average molecular weight is 338 g/mol. The third-order valence-electron chi connectivity index (χ3n) is 4.26. The van der Waals surface area contributed by atoms with Gasteiger partial charge in [-0.1, -0.05) is 31.5 Å². The third kappa shape index (κ3) is 3.40. The van der Waals surface area contributed by atoms with Crippen LogP contribution in [0.3, 0.4) is 0 Å². The van der Waals surface area contributed by atoms with Crippen molar-refractivity contribution in [1.29, 1.82) is 0 Å². The summed E-state index contributed by atoms with van der Waals surface area (Å²) >= 11 is 0. The number of rotatable bonds is 3. The molecule has 5 heteroatoms. The van der Waals surface area contributed by atoms with Crippen LogP contribution in [0.4, 0.5) is 17.6 Å². The Hall–Kier alpha value is -2.04. The van der Waals surface area contributed by atoms with Crippen molar-refractivity contribution in [2.75, 3.05) is 0 Å². The summed E-state index contributed by atoms with van der Waals surface area (Å²) < 4.78 is 57.9. The number of hydrogen-bond donors (Lipinski definition) is 0. The highest BCUT2D eigenvalue weighted by Gasteiger charge is 2.31. The molecule has 0 bridgehead atoms. The lowest BCUT2D eigenvalue weighted by Crippen LogP contribution is -2.17. The van der Waals surface area contributed by atoms with Gasteiger partial charge in [0.25, 0.3) is 0 Å². The first-order valence-corrected chi connectivity index (χ1v) is 8.03. The molecule has 0 N–H and O–H groups in total. The van der Waals surface area contributed by atoms with Crippen LogP contribution in [0.5, 0.6) is 5.75 Å². The second kappa shape index (κ2) is 6.46. The predicted octanol–water partition coefficient (Wildman–Crippen LogP) is 5.86. The van der Waals surface area contributed by atoms with Crippen LogP contribution in [0.15, 0.2) is 36.4 Å². The molecule has 0 amide bonds. The molecule has 3 rings (SSSR count). The van der Waals surface area contributed by atoms with Gasteiger partial charge in [0.1, 0.15) is 6.10 Å². The molecular weight excluding hydrogens is 320 g/mol. The Balaban J connectivity index is 1.82. The molecule has 1 aliphatic heterocycles. The van der Waals surface area contributed by atoms with E-state index >= 15 is 0 Å². The first kappa shape index (κ1) is 16.8. The largest absolute Gasteiger partial charge is 0.482 e. The van der Waals surface area contributed by atoms with Gasteiger partial charge in [0.2, 0.25) is 0 Å². The molecule has 2 aromatic carbocycles. The standard InChI is InChI=1S/C19H18F4O/c1-2-3-12-10-14-6-9-17(24-18(14)16(20)11-12)13-4-7-15(8-5-13)19(21,22)23/h4-5,7-8,10-11,17H,2-3,6,9H2,1H3. The third-order valence-corrected chi connectivity index (χ3v) is 4.26. The van der Waals surface area contributed by atoms with E-state index in [9.17, 15) is 17.6 Å². The van der Waals surface area contributed by atoms with Crippen molar-refractivity contribution < 1.29 is 22.3 Å². The minimum atomic E-state index is -4.36. The second-order valence-electron chi connectivity index (χ2n) is 6.08. The van der Waals surface area contributed by atoms with Gasteiger partial charge in [-0.3, -0.25) is 0 Å². The minimum Gasteiger partial charge on any atom is -0.482 e. The Morgan fingerprint density at radius 2 is 1.83 bits per heavy atom. The van der Waals surface area contributed by atoms with Crippen molar-refractivity contribution in [3.8, 4) is 5.75 Å². The zero-order valence-corrected chi connectivity index (χ0v) is 13.3. The van der Waals surface area contributed by atoms with E-state index < -0.39 is 23.7 Å². The number of benzene rings is 2. The van der Waals surface area contributed by atoms with Gasteiger partial charge < -0.3 is 4.74 Å². The van der Waals surface area contributed by atoms with Crippen LogP contribution < -0.4 is 4.74 Å². The lowest BCUT2D eigenvalue weighted by atomic mass is 9.94. The highest BCUT2D eigenvalue weighted by Crippen LogP contribution is 2.38. The van der Waals surface area contributed by atoms with E-state index in [1.54, 1.807) is 0 Å². The molecular formula is C19H18F4O. The monoisotopic (exact) mass is 338 g/mol. The zero-order chi connectivity index (χ0) is 17.3. The first-order chi connectivity index (χ1) is 11.4. The normalized spacial score (nSPS) is 17.3. The van der Waals surface area contributed by atoms with E-state index in [1.165, 1.54) is 18.2 Å². The Bertz CT molecular complexity index is 719. The minimum absolute atomic E-state index is 0.228. The van der Waals surface area contributed by atoms with Crippen LogP contribution in [-0.2, 0) is 19.0 Å². The number of halogens is 4. The summed E-state index contributed by atoms with van der Waals surface area (Å²) in [4.78, 5) is 0. The maximum atomic E-state index is 14.3. The Kier molecular flexibility index (Phi) is 4.52. The molecule has 0 aliphatic carbocycles. The van der Waals surface area contributed by atoms with Crippen molar-refractivity contribution >= 4 is 0 Å². The van der Waals surface area contributed by atoms with Crippen molar-refractivity contribution in [2.45, 2.75) is 44.9 Å². The first-order valence-electron chi connectivity index (χ1n) is 8.03. The number of aryl methyl sites for hydroxylation is 2. The molecule has 128 valence electrons. The predicted molar refractivity (Wildman–Crippen MR) is 83.5 cm³/mol. The Morgan fingerprint density at radius 1 is 1.12 bits per heavy atom. The van der Waals surface area contributed by atoms with E-state index in [1.807, 2.05) is 13.0 Å². The molecule has 24 heavy (non-hydrogen) atoms. The molecule has 0 spiro atoms. The van der Waals surface area contributed by atoms with Gasteiger partial charge in [-0.25, -0.2) is 4.39 Å². The van der Waals surface area contributed by atoms with Crippen LogP contribution >= 0.6 is 0 Å². The number of hydrogen-bond acceptors (Lipinski definition) is 1. The fourth-order valence-corrected chi connectivity index (χ4v) is 3.07. The molecule has 1 nitrogen and oxygen atoms in total. The van der Waals surface area contributed by atoms with Crippen LogP contribution in [0.25, 0.3) is 0 Å². The SMILES string of the molecule is CCCc1cc(F)c2c(c1)CCC(c1ccc(C(F)(F)F)cc1)O2. The molecule has 1 unspecified atom stereocenters. The molecule has 0 aromatic heterocycles. The Labute approximate surface area is 138 Å². The maximum absolute atomic E-state index is 14.3. The van der Waals surface area contributed by atoms with Gasteiger partial charge >= 0.3 is 6.18 Å². The molecule has 2 aromatic rings. The summed E-state index contributed by atoms with van der Waals surface area (Å²) in [5, 5.41) is 0. The topological polar surface area (TPSA) is 9.23 Å². The van der Waals surface area contributed by atoms with Crippen molar-refractivity contribution in [2.24, 2.45) is 0 Å². The fraction of sp³-hybridized carbons (Fsp3) is 0.368. The molecule has 1 atom stereocenters. The average Bonchev–Trinajstić information content (AvgIpc) is 2.54. The quantitative estimate of drug-likeness (QED) is 0.637. The van der Waals surface area contributed by atoms with Crippen molar-refractivity contribution in [3.05, 3.63) is 64.5 Å². The number of fused-ring (bicyclic) bond motifs is 1. The van der Waals surface area contributed by atoms with Crippen molar-refractivity contribution in [1.82, 2.24) is 0 Å². The summed E-state index contributed by atoms with van der Waals surface area (Å²) in [7, 11) is 0. The number of alkyl halides is 3. The van der Waals surface area contributed by atoms with Gasteiger partial charge in [0.05, 0.1) is 5.56 Å². The van der Waals surface area contributed by atoms with Gasteiger partial charge in [0.15, 0.2) is 11.6 Å². The lowest BCUT2D eigenvalue weighted by Gasteiger charge is -2.27. The summed E-state index contributed by atoms with van der Waals surface area (Å²) in [6, 6.07) is 8.33. The Morgan fingerprint density at radius 3 is 2.46 bits per heavy atom. The summed E-state index contributed by atoms with van der Waals surface area (Å²) in [5.41, 5.74) is 1.72. The van der Waals surface area contributed by atoms with Crippen LogP contribution in [0, 0.1) is 5.82 Å². The summed E-state index contributed by atoms with van der Waals surface area (Å²) in [6.07, 6.45) is -1.77.